The number of hydrogen-bond acceptors (Lipinski definition) is 9. The molecular weight excluding hydrogens is 428 g/mol. The van der Waals surface area contributed by atoms with Gasteiger partial charge in [0, 0.05) is 23.7 Å². The first-order chi connectivity index (χ1) is 13.3. The SMILES string of the molecule is CC(=O)Oc1ccc(Cl)cc1C(=O)Nc1nc(Cc2ncc([N+](=O)[O-])s2)cs1. The van der Waals surface area contributed by atoms with Crippen molar-refractivity contribution >= 4 is 56.3 Å². The molecule has 144 valence electrons. The molecule has 0 fully saturated rings. The molecule has 0 unspecified atom stereocenters. The van der Waals surface area contributed by atoms with E-state index in [0.29, 0.717) is 27.3 Å². The van der Waals surface area contributed by atoms with Gasteiger partial charge in [0.15, 0.2) is 5.13 Å². The molecule has 2 heterocycles. The Kier molecular flexibility index (Phi) is 5.97. The van der Waals surface area contributed by atoms with E-state index in [-0.39, 0.29) is 16.3 Å². The van der Waals surface area contributed by atoms with Crippen LogP contribution in [0.25, 0.3) is 0 Å². The predicted molar refractivity (Wildman–Crippen MR) is 104 cm³/mol. The van der Waals surface area contributed by atoms with Crippen LogP contribution in [0.5, 0.6) is 5.75 Å². The summed E-state index contributed by atoms with van der Waals surface area (Å²) in [6.07, 6.45) is 1.51. The molecule has 0 saturated heterocycles. The lowest BCUT2D eigenvalue weighted by Gasteiger charge is -2.08. The lowest BCUT2D eigenvalue weighted by molar-refractivity contribution is -0.380. The number of carbonyl (C=O) groups excluding carboxylic acids is 2. The van der Waals surface area contributed by atoms with Gasteiger partial charge in [-0.2, -0.15) is 0 Å². The summed E-state index contributed by atoms with van der Waals surface area (Å²) in [6, 6.07) is 4.32. The molecule has 0 aliphatic rings. The third kappa shape index (κ3) is 4.88. The highest BCUT2D eigenvalue weighted by Crippen LogP contribution is 2.27. The number of thiazole rings is 2. The highest BCUT2D eigenvalue weighted by Gasteiger charge is 2.17. The van der Waals surface area contributed by atoms with Gasteiger partial charge in [-0.3, -0.25) is 25.0 Å². The molecule has 28 heavy (non-hydrogen) atoms. The van der Waals surface area contributed by atoms with Crippen LogP contribution in [0.1, 0.15) is 28.0 Å². The fourth-order valence-electron chi connectivity index (χ4n) is 2.16. The van der Waals surface area contributed by atoms with E-state index in [2.05, 4.69) is 15.3 Å². The maximum Gasteiger partial charge on any atom is 0.343 e. The van der Waals surface area contributed by atoms with Crippen LogP contribution in [-0.4, -0.2) is 26.8 Å². The topological polar surface area (TPSA) is 124 Å². The summed E-state index contributed by atoms with van der Waals surface area (Å²) in [5.41, 5.74) is 0.700. The van der Waals surface area contributed by atoms with E-state index in [1.807, 2.05) is 0 Å². The van der Waals surface area contributed by atoms with Crippen LogP contribution in [0, 0.1) is 10.1 Å². The normalized spacial score (nSPS) is 10.5. The van der Waals surface area contributed by atoms with E-state index in [1.165, 1.54) is 42.7 Å². The maximum absolute atomic E-state index is 12.5. The molecule has 0 atom stereocenters. The minimum Gasteiger partial charge on any atom is -0.426 e. The summed E-state index contributed by atoms with van der Waals surface area (Å²) in [6.45, 7) is 1.23. The highest BCUT2D eigenvalue weighted by molar-refractivity contribution is 7.15. The van der Waals surface area contributed by atoms with Crippen LogP contribution < -0.4 is 10.1 Å². The number of rotatable bonds is 6. The number of esters is 1. The zero-order valence-corrected chi connectivity index (χ0v) is 16.6. The zero-order valence-electron chi connectivity index (χ0n) is 14.2. The van der Waals surface area contributed by atoms with Crippen LogP contribution in [0.3, 0.4) is 0 Å². The Balaban J connectivity index is 1.72. The fourth-order valence-corrected chi connectivity index (χ4v) is 3.78. The summed E-state index contributed by atoms with van der Waals surface area (Å²) >= 11 is 8.09. The van der Waals surface area contributed by atoms with Gasteiger partial charge >= 0.3 is 11.0 Å². The number of ether oxygens (including phenoxy) is 1. The summed E-state index contributed by atoms with van der Waals surface area (Å²) in [5, 5.41) is 16.2. The number of nitrogens with zero attached hydrogens (tertiary/aromatic N) is 3. The second kappa shape index (κ2) is 8.42. The van der Waals surface area contributed by atoms with Crippen molar-refractivity contribution in [1.82, 2.24) is 9.97 Å². The van der Waals surface area contributed by atoms with E-state index >= 15 is 0 Å². The molecule has 1 amide bonds. The van der Waals surface area contributed by atoms with E-state index in [9.17, 15) is 19.7 Å². The second-order valence-corrected chi connectivity index (χ2v) is 7.75. The highest BCUT2D eigenvalue weighted by atomic mass is 35.5. The number of aromatic nitrogens is 2. The van der Waals surface area contributed by atoms with Crippen molar-refractivity contribution in [3.8, 4) is 5.75 Å². The van der Waals surface area contributed by atoms with Gasteiger partial charge in [0.05, 0.1) is 16.2 Å². The zero-order chi connectivity index (χ0) is 20.3. The number of hydrogen-bond donors (Lipinski definition) is 1. The fraction of sp³-hybridized carbons (Fsp3) is 0.125. The number of anilines is 1. The second-order valence-electron chi connectivity index (χ2n) is 5.36. The lowest BCUT2D eigenvalue weighted by Crippen LogP contribution is -2.15. The van der Waals surface area contributed by atoms with E-state index in [1.54, 1.807) is 5.38 Å². The Morgan fingerprint density at radius 2 is 2.18 bits per heavy atom. The summed E-state index contributed by atoms with van der Waals surface area (Å²) in [4.78, 5) is 42.2. The first-order valence-electron chi connectivity index (χ1n) is 7.64. The Bertz CT molecular complexity index is 1060. The Morgan fingerprint density at radius 3 is 2.86 bits per heavy atom. The molecule has 2 aromatic heterocycles. The molecule has 0 aliphatic heterocycles. The van der Waals surface area contributed by atoms with Crippen LogP contribution in [0.4, 0.5) is 10.1 Å². The van der Waals surface area contributed by atoms with Crippen LogP contribution in [0.15, 0.2) is 29.8 Å². The van der Waals surface area contributed by atoms with E-state index in [4.69, 9.17) is 16.3 Å². The van der Waals surface area contributed by atoms with Crippen LogP contribution in [0.2, 0.25) is 5.02 Å². The Hall–Kier alpha value is -2.89. The summed E-state index contributed by atoms with van der Waals surface area (Å²) < 4.78 is 5.03. The minimum atomic E-state index is -0.564. The van der Waals surface area contributed by atoms with Gasteiger partial charge in [0.25, 0.3) is 5.91 Å². The van der Waals surface area contributed by atoms with Gasteiger partial charge in [-0.1, -0.05) is 11.6 Å². The molecule has 1 N–H and O–H groups in total. The minimum absolute atomic E-state index is 0.0438. The average molecular weight is 439 g/mol. The van der Waals surface area contributed by atoms with Gasteiger partial charge in [0.2, 0.25) is 0 Å². The molecular formula is C16H11ClN4O5S2. The average Bonchev–Trinajstić information content (AvgIpc) is 3.26. The monoisotopic (exact) mass is 438 g/mol. The maximum atomic E-state index is 12.5. The quantitative estimate of drug-likeness (QED) is 0.267. The van der Waals surface area contributed by atoms with Crippen LogP contribution in [-0.2, 0) is 11.2 Å². The van der Waals surface area contributed by atoms with Gasteiger partial charge in [-0.05, 0) is 29.5 Å². The molecule has 0 saturated carbocycles. The predicted octanol–water partition coefficient (Wildman–Crippen LogP) is 3.93. The van der Waals surface area contributed by atoms with Gasteiger partial charge in [-0.25, -0.2) is 9.97 Å². The number of halogens is 1. The third-order valence-corrected chi connectivity index (χ3v) is 5.26. The first-order valence-corrected chi connectivity index (χ1v) is 9.72. The number of carbonyl (C=O) groups is 2. The molecule has 0 radical (unpaired) electrons. The molecule has 3 rings (SSSR count). The molecule has 1 aromatic carbocycles. The molecule has 0 bridgehead atoms. The largest absolute Gasteiger partial charge is 0.426 e. The van der Waals surface area contributed by atoms with E-state index in [0.717, 1.165) is 11.3 Å². The van der Waals surface area contributed by atoms with Crippen molar-refractivity contribution in [3.05, 3.63) is 61.2 Å². The van der Waals surface area contributed by atoms with Gasteiger partial charge < -0.3 is 4.74 Å². The standard InChI is InChI=1S/C16H11ClN4O5S2/c1-8(22)26-12-3-2-9(17)4-11(12)15(23)20-16-19-10(7-27-16)5-13-18-6-14(28-13)21(24)25/h2-4,6-7H,5H2,1H3,(H,19,20,23). The molecule has 0 spiro atoms. The third-order valence-electron chi connectivity index (χ3n) is 3.27. The van der Waals surface area contributed by atoms with Crippen LogP contribution >= 0.6 is 34.3 Å². The molecule has 9 nitrogen and oxygen atoms in total. The molecule has 12 heteroatoms. The lowest BCUT2D eigenvalue weighted by atomic mass is 10.2. The Morgan fingerprint density at radius 1 is 1.39 bits per heavy atom. The first kappa shape index (κ1) is 19.9. The Labute approximate surface area is 171 Å². The van der Waals surface area contributed by atoms with Gasteiger partial charge in [0.1, 0.15) is 17.0 Å². The summed E-state index contributed by atoms with van der Waals surface area (Å²) in [7, 11) is 0. The number of amides is 1. The number of benzene rings is 1. The van der Waals surface area contributed by atoms with Crippen molar-refractivity contribution in [2.45, 2.75) is 13.3 Å². The smallest absolute Gasteiger partial charge is 0.343 e. The van der Waals surface area contributed by atoms with Crippen molar-refractivity contribution in [2.75, 3.05) is 5.32 Å². The molecule has 3 aromatic rings. The van der Waals surface area contributed by atoms with E-state index < -0.39 is 16.8 Å². The summed E-state index contributed by atoms with van der Waals surface area (Å²) in [5.74, 6) is -1.02. The number of nitro groups is 1. The molecule has 0 aliphatic carbocycles. The van der Waals surface area contributed by atoms with Crippen molar-refractivity contribution in [1.29, 1.82) is 0 Å². The van der Waals surface area contributed by atoms with Crippen molar-refractivity contribution in [3.63, 3.8) is 0 Å². The van der Waals surface area contributed by atoms with Crippen molar-refractivity contribution < 1.29 is 19.2 Å². The number of nitrogens with one attached hydrogen (secondary N) is 1. The van der Waals surface area contributed by atoms with Crippen molar-refractivity contribution in [2.24, 2.45) is 0 Å². The van der Waals surface area contributed by atoms with Gasteiger partial charge in [-0.15, -0.1) is 11.3 Å².